The molecule has 4 rings (SSSR count). The highest BCUT2D eigenvalue weighted by Crippen LogP contribution is 2.34. The smallest absolute Gasteiger partial charge is 0.246 e. The number of nitrogens with zero attached hydrogens (tertiary/aromatic N) is 1. The number of hydrogen-bond donors (Lipinski definition) is 1. The van der Waals surface area contributed by atoms with E-state index in [1.165, 1.54) is 0 Å². The Morgan fingerprint density at radius 3 is 2.19 bits per heavy atom. The zero-order valence-corrected chi connectivity index (χ0v) is 14.4. The van der Waals surface area contributed by atoms with Crippen molar-refractivity contribution < 1.29 is 9.53 Å². The minimum absolute atomic E-state index is 0.101. The van der Waals surface area contributed by atoms with Crippen molar-refractivity contribution in [3.8, 4) is 16.9 Å². The van der Waals surface area contributed by atoms with E-state index >= 15 is 0 Å². The number of ether oxygens (including phenoxy) is 1. The SMILES string of the molecule is COc1ccccc1-c1ccccc1C1=NCC(=O)Nc2ccccc21. The monoisotopic (exact) mass is 342 g/mol. The molecule has 1 aliphatic rings. The van der Waals surface area contributed by atoms with Crippen LogP contribution in [0.25, 0.3) is 11.1 Å². The molecular weight excluding hydrogens is 324 g/mol. The Bertz CT molecular complexity index is 1010. The fourth-order valence-electron chi connectivity index (χ4n) is 3.25. The molecule has 3 aromatic rings. The van der Waals surface area contributed by atoms with Crippen LogP contribution >= 0.6 is 0 Å². The van der Waals surface area contributed by atoms with E-state index in [0.29, 0.717) is 0 Å². The van der Waals surface area contributed by atoms with Gasteiger partial charge in [0.25, 0.3) is 0 Å². The van der Waals surface area contributed by atoms with Gasteiger partial charge in [0.05, 0.1) is 18.5 Å². The molecular formula is C22H18N2O2. The molecule has 1 N–H and O–H groups in total. The number of carbonyl (C=O) groups excluding carboxylic acids is 1. The minimum atomic E-state index is -0.109. The predicted octanol–water partition coefficient (Wildman–Crippen LogP) is 4.15. The second kappa shape index (κ2) is 6.84. The van der Waals surface area contributed by atoms with Gasteiger partial charge < -0.3 is 10.1 Å². The molecule has 4 heteroatoms. The van der Waals surface area contributed by atoms with Gasteiger partial charge in [-0.1, -0.05) is 60.7 Å². The van der Waals surface area contributed by atoms with Gasteiger partial charge in [0.1, 0.15) is 12.3 Å². The lowest BCUT2D eigenvalue weighted by Crippen LogP contribution is -2.13. The molecule has 0 aromatic heterocycles. The Morgan fingerprint density at radius 2 is 1.42 bits per heavy atom. The molecule has 0 atom stereocenters. The number of anilines is 1. The number of methoxy groups -OCH3 is 1. The number of nitrogens with one attached hydrogen (secondary N) is 1. The molecule has 4 nitrogen and oxygen atoms in total. The van der Waals surface area contributed by atoms with E-state index in [1.54, 1.807) is 7.11 Å². The van der Waals surface area contributed by atoms with E-state index in [2.05, 4.69) is 16.4 Å². The predicted molar refractivity (Wildman–Crippen MR) is 104 cm³/mol. The van der Waals surface area contributed by atoms with Crippen molar-refractivity contribution >= 4 is 17.3 Å². The average Bonchev–Trinajstić information content (AvgIpc) is 2.86. The van der Waals surface area contributed by atoms with Crippen molar-refractivity contribution in [3.63, 3.8) is 0 Å². The first-order valence-electron chi connectivity index (χ1n) is 8.44. The van der Waals surface area contributed by atoms with Crippen molar-refractivity contribution in [2.45, 2.75) is 0 Å². The third-order valence-corrected chi connectivity index (χ3v) is 4.42. The summed E-state index contributed by atoms with van der Waals surface area (Å²) in [7, 11) is 1.67. The van der Waals surface area contributed by atoms with Gasteiger partial charge in [-0.3, -0.25) is 9.79 Å². The molecule has 1 amide bonds. The Balaban J connectivity index is 1.94. The molecule has 1 heterocycles. The topological polar surface area (TPSA) is 50.7 Å². The first-order chi connectivity index (χ1) is 12.8. The van der Waals surface area contributed by atoms with Crippen LogP contribution < -0.4 is 10.1 Å². The highest BCUT2D eigenvalue weighted by atomic mass is 16.5. The van der Waals surface area contributed by atoms with Crippen molar-refractivity contribution in [3.05, 3.63) is 83.9 Å². The largest absolute Gasteiger partial charge is 0.496 e. The van der Waals surface area contributed by atoms with Crippen LogP contribution in [0.2, 0.25) is 0 Å². The number of rotatable bonds is 3. The van der Waals surface area contributed by atoms with Crippen LogP contribution in [-0.2, 0) is 4.79 Å². The number of benzodiazepines with no additional fused rings is 1. The maximum absolute atomic E-state index is 12.0. The van der Waals surface area contributed by atoms with Crippen LogP contribution in [-0.4, -0.2) is 25.3 Å². The molecule has 3 aromatic carbocycles. The van der Waals surface area contributed by atoms with E-state index < -0.39 is 0 Å². The van der Waals surface area contributed by atoms with Gasteiger partial charge in [0, 0.05) is 16.7 Å². The normalized spacial score (nSPS) is 13.3. The van der Waals surface area contributed by atoms with E-state index in [0.717, 1.165) is 39.4 Å². The molecule has 0 spiro atoms. The van der Waals surface area contributed by atoms with Gasteiger partial charge in [0.2, 0.25) is 5.91 Å². The molecule has 0 fully saturated rings. The first-order valence-corrected chi connectivity index (χ1v) is 8.44. The summed E-state index contributed by atoms with van der Waals surface area (Å²) in [6, 6.07) is 23.7. The standard InChI is InChI=1S/C22H18N2O2/c1-26-20-13-7-5-9-16(20)15-8-2-3-10-17(15)22-18-11-4-6-12-19(18)24-21(25)14-23-22/h2-13H,14H2,1H3,(H,24,25). The summed E-state index contributed by atoms with van der Waals surface area (Å²) in [5.41, 5.74) is 5.49. The van der Waals surface area contributed by atoms with Gasteiger partial charge in [0.15, 0.2) is 0 Å². The van der Waals surface area contributed by atoms with Crippen LogP contribution in [0.4, 0.5) is 5.69 Å². The van der Waals surface area contributed by atoms with Gasteiger partial charge in [-0.25, -0.2) is 0 Å². The zero-order chi connectivity index (χ0) is 17.9. The van der Waals surface area contributed by atoms with Crippen LogP contribution in [0.5, 0.6) is 5.75 Å². The second-order valence-electron chi connectivity index (χ2n) is 6.00. The molecule has 1 aliphatic heterocycles. The third kappa shape index (κ3) is 2.86. The number of hydrogen-bond acceptors (Lipinski definition) is 3. The minimum Gasteiger partial charge on any atom is -0.496 e. The number of para-hydroxylation sites is 2. The summed E-state index contributed by atoms with van der Waals surface area (Å²) >= 11 is 0. The third-order valence-electron chi connectivity index (χ3n) is 4.42. The highest BCUT2D eigenvalue weighted by molar-refractivity contribution is 6.21. The lowest BCUT2D eigenvalue weighted by Gasteiger charge is -2.15. The molecule has 0 saturated carbocycles. The Kier molecular flexibility index (Phi) is 4.23. The van der Waals surface area contributed by atoms with Gasteiger partial charge in [-0.05, 0) is 17.7 Å². The summed E-state index contributed by atoms with van der Waals surface area (Å²) < 4.78 is 5.55. The van der Waals surface area contributed by atoms with E-state index in [4.69, 9.17) is 4.74 Å². The van der Waals surface area contributed by atoms with Gasteiger partial charge in [-0.2, -0.15) is 0 Å². The van der Waals surface area contributed by atoms with E-state index in [-0.39, 0.29) is 12.5 Å². The number of fused-ring (bicyclic) bond motifs is 1. The average molecular weight is 342 g/mol. The number of carbonyl (C=O) groups is 1. The van der Waals surface area contributed by atoms with Gasteiger partial charge >= 0.3 is 0 Å². The quantitative estimate of drug-likeness (QED) is 0.777. The summed E-state index contributed by atoms with van der Waals surface area (Å²) in [4.78, 5) is 16.7. The van der Waals surface area contributed by atoms with Crippen molar-refractivity contribution in [1.29, 1.82) is 0 Å². The van der Waals surface area contributed by atoms with Crippen molar-refractivity contribution in [2.75, 3.05) is 19.0 Å². The van der Waals surface area contributed by atoms with Crippen LogP contribution in [0.1, 0.15) is 11.1 Å². The number of amides is 1. The number of benzene rings is 3. The first kappa shape index (κ1) is 16.1. The summed E-state index contributed by atoms with van der Waals surface area (Å²) in [5.74, 6) is 0.693. The molecule has 0 saturated heterocycles. The summed E-state index contributed by atoms with van der Waals surface area (Å²) in [6.07, 6.45) is 0. The maximum atomic E-state index is 12.0. The zero-order valence-electron chi connectivity index (χ0n) is 14.4. The summed E-state index contributed by atoms with van der Waals surface area (Å²) in [5, 5.41) is 2.93. The second-order valence-corrected chi connectivity index (χ2v) is 6.00. The lowest BCUT2D eigenvalue weighted by molar-refractivity contribution is -0.114. The van der Waals surface area contributed by atoms with Crippen molar-refractivity contribution in [2.24, 2.45) is 4.99 Å². The lowest BCUT2D eigenvalue weighted by atomic mass is 9.92. The van der Waals surface area contributed by atoms with Crippen molar-refractivity contribution in [1.82, 2.24) is 0 Å². The Hall–Kier alpha value is -3.40. The summed E-state index contributed by atoms with van der Waals surface area (Å²) in [6.45, 7) is 0.101. The Labute approximate surface area is 152 Å². The van der Waals surface area contributed by atoms with Crippen LogP contribution in [0, 0.1) is 0 Å². The Morgan fingerprint density at radius 1 is 0.808 bits per heavy atom. The van der Waals surface area contributed by atoms with Crippen LogP contribution in [0.15, 0.2) is 77.8 Å². The van der Waals surface area contributed by atoms with Crippen LogP contribution in [0.3, 0.4) is 0 Å². The fourth-order valence-corrected chi connectivity index (χ4v) is 3.25. The number of aliphatic imine (C=N–C) groups is 1. The fraction of sp³-hybridized carbons (Fsp3) is 0.0909. The molecule has 26 heavy (non-hydrogen) atoms. The van der Waals surface area contributed by atoms with E-state index in [9.17, 15) is 4.79 Å². The maximum Gasteiger partial charge on any atom is 0.246 e. The molecule has 0 radical (unpaired) electrons. The molecule has 128 valence electrons. The van der Waals surface area contributed by atoms with Gasteiger partial charge in [-0.15, -0.1) is 0 Å². The molecule has 0 bridgehead atoms. The molecule has 0 aliphatic carbocycles. The molecule has 0 unspecified atom stereocenters. The van der Waals surface area contributed by atoms with E-state index in [1.807, 2.05) is 66.7 Å². The highest BCUT2D eigenvalue weighted by Gasteiger charge is 2.20.